The van der Waals surface area contributed by atoms with Crippen LogP contribution in [0.5, 0.6) is 0 Å². The molecule has 27 heavy (non-hydrogen) atoms. The number of para-hydroxylation sites is 2. The predicted molar refractivity (Wildman–Crippen MR) is 101 cm³/mol. The van der Waals surface area contributed by atoms with Crippen LogP contribution in [-0.2, 0) is 21.8 Å². The van der Waals surface area contributed by atoms with E-state index in [2.05, 4.69) is 25.1 Å². The van der Waals surface area contributed by atoms with Gasteiger partial charge >= 0.3 is 0 Å². The van der Waals surface area contributed by atoms with Gasteiger partial charge in [0.15, 0.2) is 11.6 Å². The van der Waals surface area contributed by atoms with Crippen molar-refractivity contribution >= 4 is 32.7 Å². The molecule has 2 N–H and O–H groups in total. The molecule has 1 saturated heterocycles. The Labute approximate surface area is 156 Å². The van der Waals surface area contributed by atoms with Crippen molar-refractivity contribution in [2.24, 2.45) is 7.05 Å². The van der Waals surface area contributed by atoms with Gasteiger partial charge in [-0.05, 0) is 25.0 Å². The lowest BCUT2D eigenvalue weighted by atomic mass is 10.2. The van der Waals surface area contributed by atoms with Gasteiger partial charge in [-0.25, -0.2) is 18.4 Å². The zero-order chi connectivity index (χ0) is 18.9. The monoisotopic (exact) mass is 388 g/mol. The second kappa shape index (κ2) is 7.12. The van der Waals surface area contributed by atoms with Gasteiger partial charge in [-0.2, -0.15) is 5.10 Å². The Balaban J connectivity index is 1.67. The highest BCUT2D eigenvalue weighted by Gasteiger charge is 2.21. The lowest BCUT2D eigenvalue weighted by Gasteiger charge is -2.15. The molecule has 1 aliphatic heterocycles. The summed E-state index contributed by atoms with van der Waals surface area (Å²) in [6.07, 6.45) is 4.79. The fourth-order valence-electron chi connectivity index (χ4n) is 2.93. The van der Waals surface area contributed by atoms with Crippen LogP contribution in [-0.4, -0.2) is 47.4 Å². The molecule has 9 nitrogen and oxygen atoms in total. The van der Waals surface area contributed by atoms with E-state index in [9.17, 15) is 8.42 Å². The van der Waals surface area contributed by atoms with Crippen LogP contribution in [0, 0.1) is 0 Å². The number of hydrogen-bond acceptors (Lipinski definition) is 7. The van der Waals surface area contributed by atoms with E-state index in [1.165, 1.54) is 17.1 Å². The highest BCUT2D eigenvalue weighted by molar-refractivity contribution is 7.92. The van der Waals surface area contributed by atoms with Crippen molar-refractivity contribution in [2.45, 2.75) is 23.8 Å². The molecule has 1 atom stereocenters. The molecule has 1 unspecified atom stereocenters. The predicted octanol–water partition coefficient (Wildman–Crippen LogP) is 1.75. The van der Waals surface area contributed by atoms with E-state index in [0.29, 0.717) is 23.4 Å². The third kappa shape index (κ3) is 3.86. The zero-order valence-corrected chi connectivity index (χ0v) is 15.6. The normalized spacial score (nSPS) is 17.3. The van der Waals surface area contributed by atoms with Crippen LogP contribution < -0.4 is 10.0 Å². The zero-order valence-electron chi connectivity index (χ0n) is 14.8. The van der Waals surface area contributed by atoms with Gasteiger partial charge in [-0.15, -0.1) is 0 Å². The van der Waals surface area contributed by atoms with Crippen molar-refractivity contribution in [1.29, 1.82) is 0 Å². The maximum atomic E-state index is 12.7. The van der Waals surface area contributed by atoms with Gasteiger partial charge in [0.05, 0.1) is 23.3 Å². The number of hydrogen-bond donors (Lipinski definition) is 2. The van der Waals surface area contributed by atoms with E-state index >= 15 is 0 Å². The van der Waals surface area contributed by atoms with Gasteiger partial charge in [0, 0.05) is 26.4 Å². The smallest absolute Gasteiger partial charge is 0.266 e. The number of aryl methyl sites for hydroxylation is 1. The minimum absolute atomic E-state index is 0.0602. The van der Waals surface area contributed by atoms with Crippen LogP contribution in [0.25, 0.3) is 11.0 Å². The van der Waals surface area contributed by atoms with Crippen molar-refractivity contribution in [3.8, 4) is 0 Å². The first-order valence-corrected chi connectivity index (χ1v) is 10.1. The number of nitrogens with one attached hydrogen (secondary N) is 2. The van der Waals surface area contributed by atoms with Gasteiger partial charge in [0.25, 0.3) is 10.0 Å². The Hall–Kier alpha value is -2.72. The van der Waals surface area contributed by atoms with E-state index in [-0.39, 0.29) is 16.8 Å². The molecule has 0 spiro atoms. The Morgan fingerprint density at radius 1 is 1.22 bits per heavy atom. The Bertz CT molecular complexity index is 1060. The SMILES string of the molecule is Cn1cc(S(=O)(=O)Nc2nc3ccccc3nc2NCC2CCCO2)cn1. The standard InChI is InChI=1S/C17H20N6O3S/c1-23-11-13(10-19-23)27(24,25)22-17-16(18-9-12-5-4-8-26-12)20-14-6-2-3-7-15(14)21-17/h2-3,6-7,10-12H,4-5,8-9H2,1H3,(H,18,20)(H,21,22). The van der Waals surface area contributed by atoms with Gasteiger partial charge < -0.3 is 10.1 Å². The number of sulfonamides is 1. The highest BCUT2D eigenvalue weighted by Crippen LogP contribution is 2.25. The third-order valence-electron chi connectivity index (χ3n) is 4.31. The summed E-state index contributed by atoms with van der Waals surface area (Å²) in [6, 6.07) is 7.31. The Morgan fingerprint density at radius 3 is 2.59 bits per heavy atom. The van der Waals surface area contributed by atoms with Crippen LogP contribution >= 0.6 is 0 Å². The average molecular weight is 388 g/mol. The van der Waals surface area contributed by atoms with E-state index < -0.39 is 10.0 Å². The summed E-state index contributed by atoms with van der Waals surface area (Å²) >= 11 is 0. The molecule has 1 aliphatic rings. The number of rotatable bonds is 6. The van der Waals surface area contributed by atoms with Crippen LogP contribution in [0.15, 0.2) is 41.6 Å². The molecular formula is C17H20N6O3S. The number of anilines is 2. The van der Waals surface area contributed by atoms with E-state index in [4.69, 9.17) is 4.74 Å². The molecule has 0 bridgehead atoms. The maximum absolute atomic E-state index is 12.7. The minimum Gasteiger partial charge on any atom is -0.376 e. The van der Waals surface area contributed by atoms with Gasteiger partial charge in [-0.1, -0.05) is 12.1 Å². The van der Waals surface area contributed by atoms with E-state index in [0.717, 1.165) is 19.4 Å². The molecule has 2 aromatic heterocycles. The molecule has 4 rings (SSSR count). The summed E-state index contributed by atoms with van der Waals surface area (Å²) in [7, 11) is -2.17. The van der Waals surface area contributed by atoms with Crippen LogP contribution in [0.4, 0.5) is 11.6 Å². The molecule has 10 heteroatoms. The summed E-state index contributed by atoms with van der Waals surface area (Å²) in [4.78, 5) is 9.06. The van der Waals surface area contributed by atoms with E-state index in [1.807, 2.05) is 18.2 Å². The van der Waals surface area contributed by atoms with Crippen LogP contribution in [0.3, 0.4) is 0 Å². The average Bonchev–Trinajstić information content (AvgIpc) is 3.31. The third-order valence-corrected chi connectivity index (χ3v) is 5.61. The molecule has 142 valence electrons. The van der Waals surface area contributed by atoms with Crippen molar-refractivity contribution in [3.63, 3.8) is 0 Å². The lowest BCUT2D eigenvalue weighted by Crippen LogP contribution is -2.21. The Kier molecular flexibility index (Phi) is 4.66. The highest BCUT2D eigenvalue weighted by atomic mass is 32.2. The number of aromatic nitrogens is 4. The lowest BCUT2D eigenvalue weighted by molar-refractivity contribution is 0.120. The molecular weight excluding hydrogens is 368 g/mol. The summed E-state index contributed by atoms with van der Waals surface area (Å²) in [5.41, 5.74) is 1.28. The van der Waals surface area contributed by atoms with Gasteiger partial charge in [0.1, 0.15) is 4.90 Å². The first kappa shape index (κ1) is 17.7. The van der Waals surface area contributed by atoms with Gasteiger partial charge in [-0.3, -0.25) is 9.40 Å². The maximum Gasteiger partial charge on any atom is 0.266 e. The van der Waals surface area contributed by atoms with Crippen LogP contribution in [0.2, 0.25) is 0 Å². The second-order valence-corrected chi connectivity index (χ2v) is 8.06. The van der Waals surface area contributed by atoms with Crippen molar-refractivity contribution in [1.82, 2.24) is 19.7 Å². The molecule has 1 aromatic carbocycles. The number of ether oxygens (including phenoxy) is 1. The first-order valence-electron chi connectivity index (χ1n) is 8.65. The summed E-state index contributed by atoms with van der Waals surface area (Å²) < 4.78 is 34.9. The van der Waals surface area contributed by atoms with E-state index in [1.54, 1.807) is 13.1 Å². The van der Waals surface area contributed by atoms with Crippen LogP contribution in [0.1, 0.15) is 12.8 Å². The van der Waals surface area contributed by atoms with Crippen molar-refractivity contribution in [3.05, 3.63) is 36.7 Å². The molecule has 0 radical (unpaired) electrons. The Morgan fingerprint density at radius 2 is 1.96 bits per heavy atom. The first-order chi connectivity index (χ1) is 13.0. The topological polar surface area (TPSA) is 111 Å². The minimum atomic E-state index is -3.83. The number of nitrogens with zero attached hydrogens (tertiary/aromatic N) is 4. The fraction of sp³-hybridized carbons (Fsp3) is 0.353. The quantitative estimate of drug-likeness (QED) is 0.662. The molecule has 1 fully saturated rings. The second-order valence-electron chi connectivity index (χ2n) is 6.38. The largest absolute Gasteiger partial charge is 0.376 e. The van der Waals surface area contributed by atoms with Crippen molar-refractivity contribution in [2.75, 3.05) is 23.2 Å². The molecule has 0 amide bonds. The fourth-order valence-corrected chi connectivity index (χ4v) is 3.93. The summed E-state index contributed by atoms with van der Waals surface area (Å²) in [5, 5.41) is 7.10. The molecule has 0 saturated carbocycles. The van der Waals surface area contributed by atoms with Gasteiger partial charge in [0.2, 0.25) is 0 Å². The summed E-state index contributed by atoms with van der Waals surface area (Å²) in [6.45, 7) is 1.28. The molecule has 3 heterocycles. The number of fused-ring (bicyclic) bond motifs is 1. The summed E-state index contributed by atoms with van der Waals surface area (Å²) in [5.74, 6) is 0.521. The molecule has 0 aliphatic carbocycles. The number of benzene rings is 1. The molecule has 3 aromatic rings. The van der Waals surface area contributed by atoms with Crippen molar-refractivity contribution < 1.29 is 13.2 Å².